The normalized spacial score (nSPS) is 29.7. The number of rotatable bonds is 3. The van der Waals surface area contributed by atoms with E-state index in [4.69, 9.17) is 4.74 Å². The van der Waals surface area contributed by atoms with Crippen LogP contribution in [0.4, 0.5) is 0 Å². The number of benzene rings is 1. The number of nitrogens with zero attached hydrogens (tertiary/aromatic N) is 1. The second-order valence-electron chi connectivity index (χ2n) is 10.1. The number of fused-ring (bicyclic) bond motifs is 1. The van der Waals surface area contributed by atoms with Gasteiger partial charge in [-0.05, 0) is 83.9 Å². The minimum Gasteiger partial charge on any atom is -0.459 e. The number of ether oxygens (including phenoxy) is 1. The topological polar surface area (TPSA) is 66.8 Å². The molecule has 0 unspecified atom stereocenters. The van der Waals surface area contributed by atoms with Crippen molar-refractivity contribution in [1.29, 1.82) is 0 Å². The van der Waals surface area contributed by atoms with Crippen LogP contribution in [0.25, 0.3) is 0 Å². The van der Waals surface area contributed by atoms with E-state index in [-0.39, 0.29) is 24.2 Å². The Bertz CT molecular complexity index is 817. The third-order valence-electron chi connectivity index (χ3n) is 6.92. The molecule has 3 rings (SSSR count). The molecule has 1 aliphatic heterocycles. The van der Waals surface area contributed by atoms with Crippen LogP contribution in [0, 0.1) is 32.1 Å². The summed E-state index contributed by atoms with van der Waals surface area (Å²) < 4.78 is 5.76. The molecule has 3 atom stereocenters. The van der Waals surface area contributed by atoms with Gasteiger partial charge in [0.2, 0.25) is 5.91 Å². The first-order chi connectivity index (χ1) is 13.3. The predicted molar refractivity (Wildman–Crippen MR) is 112 cm³/mol. The average molecular weight is 402 g/mol. The summed E-state index contributed by atoms with van der Waals surface area (Å²) in [6, 6.07) is 4.30. The van der Waals surface area contributed by atoms with Crippen LogP contribution in [-0.2, 0) is 20.7 Å². The van der Waals surface area contributed by atoms with E-state index in [0.29, 0.717) is 25.7 Å². The lowest BCUT2D eigenvalue weighted by Crippen LogP contribution is -2.67. The Morgan fingerprint density at radius 2 is 1.79 bits per heavy atom. The third-order valence-corrected chi connectivity index (χ3v) is 6.92. The van der Waals surface area contributed by atoms with Crippen molar-refractivity contribution in [3.8, 4) is 0 Å². The minimum absolute atomic E-state index is 0.115. The second kappa shape index (κ2) is 7.12. The molecule has 2 fully saturated rings. The van der Waals surface area contributed by atoms with Crippen molar-refractivity contribution in [2.75, 3.05) is 7.05 Å². The molecule has 0 aromatic heterocycles. The third kappa shape index (κ3) is 3.48. The van der Waals surface area contributed by atoms with E-state index in [9.17, 15) is 14.7 Å². The van der Waals surface area contributed by atoms with Crippen LogP contribution >= 0.6 is 0 Å². The van der Waals surface area contributed by atoms with Gasteiger partial charge in [-0.1, -0.05) is 17.7 Å². The van der Waals surface area contributed by atoms with Gasteiger partial charge in [-0.15, -0.1) is 0 Å². The van der Waals surface area contributed by atoms with Gasteiger partial charge in [0.15, 0.2) is 5.72 Å². The largest absolute Gasteiger partial charge is 0.459 e. The molecule has 0 radical (unpaired) electrons. The highest BCUT2D eigenvalue weighted by atomic mass is 16.6. The quantitative estimate of drug-likeness (QED) is 0.782. The summed E-state index contributed by atoms with van der Waals surface area (Å²) in [4.78, 5) is 27.3. The van der Waals surface area contributed by atoms with Crippen LogP contribution in [0.2, 0.25) is 0 Å². The van der Waals surface area contributed by atoms with Crippen molar-refractivity contribution in [2.45, 2.75) is 85.0 Å². The fraction of sp³-hybridized carbons (Fsp3) is 0.667. The number of hydrogen-bond acceptors (Lipinski definition) is 4. The maximum Gasteiger partial charge on any atom is 0.317 e. The summed E-state index contributed by atoms with van der Waals surface area (Å²) >= 11 is 0. The highest BCUT2D eigenvalue weighted by Crippen LogP contribution is 2.58. The molecule has 1 aliphatic carbocycles. The first-order valence-electron chi connectivity index (χ1n) is 10.6. The van der Waals surface area contributed by atoms with Crippen molar-refractivity contribution in [3.63, 3.8) is 0 Å². The van der Waals surface area contributed by atoms with Gasteiger partial charge < -0.3 is 14.7 Å². The highest BCUT2D eigenvalue weighted by Gasteiger charge is 2.69. The van der Waals surface area contributed by atoms with E-state index < -0.39 is 16.7 Å². The average Bonchev–Trinajstić information content (AvgIpc) is 2.88. The number of esters is 1. The molecule has 5 nitrogen and oxygen atoms in total. The van der Waals surface area contributed by atoms with Gasteiger partial charge in [-0.3, -0.25) is 9.59 Å². The molecule has 2 aliphatic rings. The zero-order valence-electron chi connectivity index (χ0n) is 18.9. The van der Waals surface area contributed by atoms with E-state index >= 15 is 0 Å². The number of piperidine rings is 1. The van der Waals surface area contributed by atoms with Gasteiger partial charge in [-0.25, -0.2) is 0 Å². The van der Waals surface area contributed by atoms with Crippen molar-refractivity contribution >= 4 is 11.9 Å². The van der Waals surface area contributed by atoms with Crippen LogP contribution < -0.4 is 0 Å². The molecule has 1 saturated carbocycles. The van der Waals surface area contributed by atoms with Crippen molar-refractivity contribution < 1.29 is 19.4 Å². The molecular formula is C24H35NO4. The van der Waals surface area contributed by atoms with E-state index in [1.165, 1.54) is 27.2 Å². The zero-order valence-corrected chi connectivity index (χ0v) is 18.9. The van der Waals surface area contributed by atoms with Gasteiger partial charge in [-0.2, -0.15) is 0 Å². The molecule has 0 bridgehead atoms. The first kappa shape index (κ1) is 21.8. The van der Waals surface area contributed by atoms with E-state index in [1.54, 1.807) is 7.05 Å². The standard InChI is InChI=1S/C24H35NO4/c1-15-12-16(2)19(17(3)13-15)14-18-8-10-23(21(27)29-22(4,5)6)11-9-20(26)25(7)24(18,23)28/h12-13,18,28H,8-11,14H2,1-7H3/t18-,23+,24-/m1/s1. The van der Waals surface area contributed by atoms with Gasteiger partial charge in [0, 0.05) is 19.4 Å². The van der Waals surface area contributed by atoms with Crippen molar-refractivity contribution in [2.24, 2.45) is 11.3 Å². The fourth-order valence-electron chi connectivity index (χ4n) is 5.53. The maximum absolute atomic E-state index is 13.3. The Hall–Kier alpha value is -1.88. The summed E-state index contributed by atoms with van der Waals surface area (Å²) in [5.74, 6) is -0.716. The number of aryl methyl sites for hydroxylation is 3. The Balaban J connectivity index is 2.03. The van der Waals surface area contributed by atoms with Gasteiger partial charge in [0.1, 0.15) is 11.0 Å². The highest BCUT2D eigenvalue weighted by molar-refractivity contribution is 5.86. The Labute approximate surface area is 174 Å². The molecule has 0 spiro atoms. The SMILES string of the molecule is Cc1cc(C)c(C[C@H]2CC[C@@]3(C(=O)OC(C)(C)C)CCC(=O)N(C)[C@@]23O)c(C)c1. The molecule has 1 heterocycles. The zero-order chi connectivity index (χ0) is 21.8. The lowest BCUT2D eigenvalue weighted by Gasteiger charge is -2.52. The summed E-state index contributed by atoms with van der Waals surface area (Å²) in [6.45, 7) is 11.8. The van der Waals surface area contributed by atoms with Crippen LogP contribution in [0.5, 0.6) is 0 Å². The number of likely N-dealkylation sites (tertiary alicyclic amines) is 1. The summed E-state index contributed by atoms with van der Waals surface area (Å²) in [6.07, 6.45) is 2.44. The van der Waals surface area contributed by atoms with Crippen LogP contribution in [-0.4, -0.2) is 40.3 Å². The Morgan fingerprint density at radius 1 is 1.21 bits per heavy atom. The number of carbonyl (C=O) groups excluding carboxylic acids is 2. The molecular weight excluding hydrogens is 366 g/mol. The predicted octanol–water partition coefficient (Wildman–Crippen LogP) is 3.83. The van der Waals surface area contributed by atoms with E-state index in [2.05, 4.69) is 32.9 Å². The van der Waals surface area contributed by atoms with E-state index in [0.717, 1.165) is 0 Å². The monoisotopic (exact) mass is 401 g/mol. The molecule has 160 valence electrons. The molecule has 5 heteroatoms. The smallest absolute Gasteiger partial charge is 0.317 e. The lowest BCUT2D eigenvalue weighted by molar-refractivity contribution is -0.231. The van der Waals surface area contributed by atoms with Crippen LogP contribution in [0.3, 0.4) is 0 Å². The fourth-order valence-corrected chi connectivity index (χ4v) is 5.53. The summed E-state index contributed by atoms with van der Waals surface area (Å²) in [7, 11) is 1.63. The van der Waals surface area contributed by atoms with Crippen LogP contribution in [0.15, 0.2) is 12.1 Å². The molecule has 1 aromatic carbocycles. The Kier molecular flexibility index (Phi) is 5.36. The number of hydrogen-bond donors (Lipinski definition) is 1. The summed E-state index contributed by atoms with van der Waals surface area (Å²) in [5, 5.41) is 12.0. The maximum atomic E-state index is 13.3. The number of aliphatic hydroxyl groups is 1. The van der Waals surface area contributed by atoms with Crippen molar-refractivity contribution in [3.05, 3.63) is 34.4 Å². The number of carbonyl (C=O) groups is 2. The van der Waals surface area contributed by atoms with Crippen LogP contribution in [0.1, 0.15) is 68.7 Å². The van der Waals surface area contributed by atoms with Gasteiger partial charge in [0.05, 0.1) is 0 Å². The number of amides is 1. The molecule has 1 N–H and O–H groups in total. The minimum atomic E-state index is -1.53. The molecule has 1 saturated heterocycles. The van der Waals surface area contributed by atoms with E-state index in [1.807, 2.05) is 20.8 Å². The Morgan fingerprint density at radius 3 is 2.34 bits per heavy atom. The molecule has 29 heavy (non-hydrogen) atoms. The second-order valence-corrected chi connectivity index (χ2v) is 10.1. The summed E-state index contributed by atoms with van der Waals surface area (Å²) in [5.41, 5.74) is 1.53. The van der Waals surface area contributed by atoms with Gasteiger partial charge >= 0.3 is 5.97 Å². The molecule has 1 aromatic rings. The molecule has 1 amide bonds. The van der Waals surface area contributed by atoms with Crippen molar-refractivity contribution in [1.82, 2.24) is 4.90 Å². The lowest BCUT2D eigenvalue weighted by atomic mass is 9.69. The van der Waals surface area contributed by atoms with Gasteiger partial charge in [0.25, 0.3) is 0 Å². The first-order valence-corrected chi connectivity index (χ1v) is 10.6.